The van der Waals surface area contributed by atoms with Gasteiger partial charge in [-0.1, -0.05) is 0 Å². The highest BCUT2D eigenvalue weighted by molar-refractivity contribution is 7.88. The molecule has 2 heterocycles. The van der Waals surface area contributed by atoms with Crippen LogP contribution in [-0.4, -0.2) is 37.1 Å². The molecule has 2 unspecified atom stereocenters. The van der Waals surface area contributed by atoms with Gasteiger partial charge in [0.15, 0.2) is 0 Å². The molecule has 7 heteroatoms. The van der Waals surface area contributed by atoms with Crippen LogP contribution in [0.25, 0.3) is 0 Å². The van der Waals surface area contributed by atoms with Crippen molar-refractivity contribution in [2.24, 2.45) is 11.7 Å². The van der Waals surface area contributed by atoms with Gasteiger partial charge in [0, 0.05) is 24.0 Å². The minimum absolute atomic E-state index is 0.0364. The first-order chi connectivity index (χ1) is 9.27. The number of aromatic nitrogens is 1. The van der Waals surface area contributed by atoms with Crippen molar-refractivity contribution in [3.63, 3.8) is 0 Å². The second kappa shape index (κ2) is 6.09. The molecule has 2 atom stereocenters. The topological polar surface area (TPSA) is 76.3 Å². The summed E-state index contributed by atoms with van der Waals surface area (Å²) in [5.74, 6) is 0.343. The van der Waals surface area contributed by atoms with Gasteiger partial charge >= 0.3 is 0 Å². The molecule has 0 saturated carbocycles. The number of hydrogen-bond acceptors (Lipinski definition) is 5. The van der Waals surface area contributed by atoms with Crippen LogP contribution in [0.2, 0.25) is 0 Å². The quantitative estimate of drug-likeness (QED) is 0.919. The molecule has 1 aliphatic rings. The summed E-state index contributed by atoms with van der Waals surface area (Å²) in [7, 11) is -3.08. The van der Waals surface area contributed by atoms with E-state index in [-0.39, 0.29) is 6.04 Å². The average molecular weight is 317 g/mol. The van der Waals surface area contributed by atoms with Gasteiger partial charge in [-0.3, -0.25) is 0 Å². The van der Waals surface area contributed by atoms with Crippen LogP contribution in [-0.2, 0) is 10.0 Å². The Kier molecular flexibility index (Phi) is 4.84. The Labute approximate surface area is 125 Å². The lowest BCUT2D eigenvalue weighted by molar-refractivity contribution is 0.247. The Morgan fingerprint density at radius 2 is 2.20 bits per heavy atom. The van der Waals surface area contributed by atoms with E-state index in [9.17, 15) is 8.42 Å². The van der Waals surface area contributed by atoms with Crippen LogP contribution in [0.1, 0.15) is 40.9 Å². The molecule has 0 radical (unpaired) electrons. The van der Waals surface area contributed by atoms with Crippen molar-refractivity contribution in [2.75, 3.05) is 19.3 Å². The highest BCUT2D eigenvalue weighted by Crippen LogP contribution is 2.31. The van der Waals surface area contributed by atoms with E-state index in [0.717, 1.165) is 34.8 Å². The van der Waals surface area contributed by atoms with Crippen molar-refractivity contribution in [1.29, 1.82) is 0 Å². The first-order valence-corrected chi connectivity index (χ1v) is 9.58. The monoisotopic (exact) mass is 317 g/mol. The SMILES string of the molecule is Cc1nc(C)c(C(N)CC2CCCN(S(C)(=O)=O)C2)s1. The fraction of sp³-hybridized carbons (Fsp3) is 0.769. The molecule has 0 bridgehead atoms. The number of rotatable bonds is 4. The molecule has 1 aromatic rings. The molecule has 0 aliphatic carbocycles. The molecule has 114 valence electrons. The summed E-state index contributed by atoms with van der Waals surface area (Å²) in [5, 5.41) is 1.04. The summed E-state index contributed by atoms with van der Waals surface area (Å²) in [6.07, 6.45) is 4.09. The van der Waals surface area contributed by atoms with E-state index in [4.69, 9.17) is 5.73 Å². The number of sulfonamides is 1. The van der Waals surface area contributed by atoms with E-state index in [0.29, 0.717) is 19.0 Å². The summed E-state index contributed by atoms with van der Waals surface area (Å²) in [6, 6.07) is -0.0364. The largest absolute Gasteiger partial charge is 0.323 e. The summed E-state index contributed by atoms with van der Waals surface area (Å²) in [4.78, 5) is 5.55. The number of aryl methyl sites for hydroxylation is 2. The van der Waals surface area contributed by atoms with Gasteiger partial charge in [0.1, 0.15) is 0 Å². The Hall–Kier alpha value is -0.500. The Balaban J connectivity index is 2.01. The third-order valence-electron chi connectivity index (χ3n) is 3.81. The third-order valence-corrected chi connectivity index (χ3v) is 6.29. The zero-order valence-corrected chi connectivity index (χ0v) is 13.9. The van der Waals surface area contributed by atoms with E-state index >= 15 is 0 Å². The summed E-state index contributed by atoms with van der Waals surface area (Å²) >= 11 is 1.65. The molecule has 0 amide bonds. The van der Waals surface area contributed by atoms with Crippen molar-refractivity contribution in [1.82, 2.24) is 9.29 Å². The zero-order valence-electron chi connectivity index (χ0n) is 12.3. The van der Waals surface area contributed by atoms with Crippen LogP contribution in [0.5, 0.6) is 0 Å². The van der Waals surface area contributed by atoms with Gasteiger partial charge in [-0.05, 0) is 39.0 Å². The minimum Gasteiger partial charge on any atom is -0.323 e. The van der Waals surface area contributed by atoms with E-state index in [1.54, 1.807) is 15.6 Å². The van der Waals surface area contributed by atoms with Crippen molar-refractivity contribution >= 4 is 21.4 Å². The Morgan fingerprint density at radius 1 is 1.50 bits per heavy atom. The molecular formula is C13H23N3O2S2. The molecule has 1 saturated heterocycles. The average Bonchev–Trinajstić information content (AvgIpc) is 2.68. The van der Waals surface area contributed by atoms with Gasteiger partial charge in [-0.2, -0.15) is 0 Å². The lowest BCUT2D eigenvalue weighted by Crippen LogP contribution is -2.40. The molecule has 2 N–H and O–H groups in total. The van der Waals surface area contributed by atoms with Crippen LogP contribution >= 0.6 is 11.3 Å². The number of piperidine rings is 1. The van der Waals surface area contributed by atoms with Gasteiger partial charge in [-0.15, -0.1) is 11.3 Å². The number of nitrogens with two attached hydrogens (primary N) is 1. The van der Waals surface area contributed by atoms with Crippen molar-refractivity contribution in [2.45, 2.75) is 39.2 Å². The Bertz CT molecular complexity index is 568. The predicted octanol–water partition coefficient (Wildman–Crippen LogP) is 1.82. The van der Waals surface area contributed by atoms with E-state index in [1.807, 2.05) is 13.8 Å². The molecule has 2 rings (SSSR count). The van der Waals surface area contributed by atoms with Crippen LogP contribution in [0.4, 0.5) is 0 Å². The van der Waals surface area contributed by atoms with Crippen LogP contribution in [0, 0.1) is 19.8 Å². The van der Waals surface area contributed by atoms with Gasteiger partial charge in [0.2, 0.25) is 10.0 Å². The van der Waals surface area contributed by atoms with Gasteiger partial charge < -0.3 is 5.73 Å². The molecule has 0 aromatic carbocycles. The first-order valence-electron chi connectivity index (χ1n) is 6.92. The maximum absolute atomic E-state index is 11.6. The second-order valence-corrected chi connectivity index (χ2v) is 8.87. The molecule has 1 fully saturated rings. The smallest absolute Gasteiger partial charge is 0.211 e. The summed E-state index contributed by atoms with van der Waals surface area (Å²) < 4.78 is 24.8. The second-order valence-electron chi connectivity index (χ2n) is 5.65. The summed E-state index contributed by atoms with van der Waals surface area (Å²) in [5.41, 5.74) is 7.31. The van der Waals surface area contributed by atoms with Gasteiger partial charge in [-0.25, -0.2) is 17.7 Å². The van der Waals surface area contributed by atoms with Crippen molar-refractivity contribution in [3.05, 3.63) is 15.6 Å². The number of hydrogen-bond donors (Lipinski definition) is 1. The molecule has 1 aromatic heterocycles. The van der Waals surface area contributed by atoms with Crippen LogP contribution in [0.15, 0.2) is 0 Å². The molecule has 0 spiro atoms. The first kappa shape index (κ1) is 15.9. The molecule has 1 aliphatic heterocycles. The van der Waals surface area contributed by atoms with Crippen molar-refractivity contribution in [3.8, 4) is 0 Å². The number of nitrogens with zero attached hydrogens (tertiary/aromatic N) is 2. The minimum atomic E-state index is -3.08. The molecular weight excluding hydrogens is 294 g/mol. The normalized spacial score (nSPS) is 22.9. The Morgan fingerprint density at radius 3 is 2.75 bits per heavy atom. The van der Waals surface area contributed by atoms with E-state index in [1.165, 1.54) is 6.26 Å². The van der Waals surface area contributed by atoms with E-state index < -0.39 is 10.0 Å². The summed E-state index contributed by atoms with van der Waals surface area (Å²) in [6.45, 7) is 5.22. The lowest BCUT2D eigenvalue weighted by Gasteiger charge is -2.32. The van der Waals surface area contributed by atoms with Crippen LogP contribution in [0.3, 0.4) is 0 Å². The standard InChI is InChI=1S/C13H23N3O2S2/c1-9-13(19-10(2)15-9)12(14)7-11-5-4-6-16(8-11)20(3,17)18/h11-12H,4-8,14H2,1-3H3. The van der Waals surface area contributed by atoms with Crippen molar-refractivity contribution < 1.29 is 8.42 Å². The maximum Gasteiger partial charge on any atom is 0.211 e. The van der Waals surface area contributed by atoms with Crippen LogP contribution < -0.4 is 5.73 Å². The zero-order chi connectivity index (χ0) is 14.9. The number of thiazole rings is 1. The highest BCUT2D eigenvalue weighted by Gasteiger charge is 2.28. The fourth-order valence-electron chi connectivity index (χ4n) is 2.88. The molecule has 5 nitrogen and oxygen atoms in total. The van der Waals surface area contributed by atoms with E-state index in [2.05, 4.69) is 4.98 Å². The van der Waals surface area contributed by atoms with Gasteiger partial charge in [0.05, 0.1) is 17.0 Å². The third kappa shape index (κ3) is 3.78. The fourth-order valence-corrected chi connectivity index (χ4v) is 4.76. The predicted molar refractivity (Wildman–Crippen MR) is 82.3 cm³/mol. The highest BCUT2D eigenvalue weighted by atomic mass is 32.2. The maximum atomic E-state index is 11.6. The van der Waals surface area contributed by atoms with Gasteiger partial charge in [0.25, 0.3) is 0 Å². The lowest BCUT2D eigenvalue weighted by atomic mass is 9.92. The molecule has 20 heavy (non-hydrogen) atoms.